The molecule has 0 spiro atoms. The molecule has 2 aliphatic heterocycles. The number of aromatic amines is 2. The molecule has 2 aliphatic rings. The fraction of sp³-hybridized carbons (Fsp3) is 0.417. The van der Waals surface area contributed by atoms with Crippen LogP contribution in [0.15, 0.2) is 73.1 Å². The number of hydrogen-bond acceptors (Lipinski definition) is 8. The number of pyridine rings is 2. The maximum Gasteiger partial charge on any atom is 0.244 e. The number of carbonyl (C=O) groups excluding carboxylic acids is 2. The van der Waals surface area contributed by atoms with Crippen molar-refractivity contribution in [2.24, 2.45) is 5.73 Å². The van der Waals surface area contributed by atoms with E-state index in [1.165, 1.54) is 21.9 Å². The van der Waals surface area contributed by atoms with Crippen molar-refractivity contribution < 1.29 is 9.59 Å². The van der Waals surface area contributed by atoms with Gasteiger partial charge in [-0.3, -0.25) is 24.5 Å². The highest BCUT2D eigenvalue weighted by Gasteiger charge is 2.35. The Morgan fingerprint density at radius 2 is 1.27 bits per heavy atom. The molecule has 2 saturated heterocycles. The largest absolute Gasteiger partial charge is 0.354 e. The van der Waals surface area contributed by atoms with Crippen molar-refractivity contribution in [1.29, 1.82) is 0 Å². The molecule has 6 N–H and O–H groups in total. The topological polar surface area (TPSA) is 151 Å². The second-order valence-electron chi connectivity index (χ2n) is 16.9. The average Bonchev–Trinajstić information content (AvgIpc) is 4.00. The summed E-state index contributed by atoms with van der Waals surface area (Å²) in [5, 5.41) is 8.84. The van der Waals surface area contributed by atoms with E-state index in [-0.39, 0.29) is 23.9 Å². The molecule has 2 amide bonds. The zero-order valence-corrected chi connectivity index (χ0v) is 36.5. The molecule has 12 heteroatoms. The summed E-state index contributed by atoms with van der Waals surface area (Å²) in [6.07, 6.45) is 5.38. The second-order valence-corrected chi connectivity index (χ2v) is 16.9. The predicted octanol–water partition coefficient (Wildman–Crippen LogP) is 7.23. The van der Waals surface area contributed by atoms with E-state index < -0.39 is 0 Å². The number of rotatable bonds is 13. The van der Waals surface area contributed by atoms with Gasteiger partial charge in [0, 0.05) is 107 Å². The number of nitrogens with two attached hydrogens (primary N) is 1. The van der Waals surface area contributed by atoms with Crippen LogP contribution in [0.5, 0.6) is 0 Å². The number of aromatic nitrogens is 4. The summed E-state index contributed by atoms with van der Waals surface area (Å²) in [4.78, 5) is 47.8. The first-order chi connectivity index (χ1) is 28.9. The zero-order chi connectivity index (χ0) is 42.7. The molecule has 316 valence electrons. The van der Waals surface area contributed by atoms with Gasteiger partial charge in [-0.05, 0) is 124 Å². The minimum atomic E-state index is -0.0970. The van der Waals surface area contributed by atoms with Gasteiger partial charge in [-0.25, -0.2) is 0 Å². The highest BCUT2D eigenvalue weighted by molar-refractivity contribution is 6.03. The van der Waals surface area contributed by atoms with E-state index in [1.54, 1.807) is 0 Å². The van der Waals surface area contributed by atoms with Crippen LogP contribution in [0.2, 0.25) is 0 Å². The molecule has 2 fully saturated rings. The fourth-order valence-corrected chi connectivity index (χ4v) is 8.98. The standard InChI is InChI=1S/2C24H31N5O/c1-15(2)22-19-14-18(29-11-8-21(24(29)30)28(4)12-9-25)5-6-20(19)27-23(22)17-7-10-26-16(3)13-17;1-15(2)22-19-14-18(29-12-8-21(24(29)30)27-11-10-25-4)5-6-20(19)28-23(22)17-7-9-26-16(3)13-17/h5-7,10,13-15,21,27H,8-9,11-12,25H2,1-4H3;5-7,9,13-15,21,25,27-28H,8,10-12H2,1-4H3. The van der Waals surface area contributed by atoms with Crippen molar-refractivity contribution in [2.45, 2.75) is 78.3 Å². The third kappa shape index (κ3) is 8.74. The minimum absolute atomic E-state index is 0.0876. The molecule has 0 bridgehead atoms. The number of hydrogen-bond donors (Lipinski definition) is 5. The SMILES string of the molecule is CNCCNC1CCN(c2ccc3[nH]c(-c4ccnc(C)c4)c(C(C)C)c3c2)C1=O.Cc1cc(-c2[nH]c3ccc(N4CCC(N(C)CCN)C4=O)cc3c2C(C)C)ccn1. The van der Waals surface area contributed by atoms with Gasteiger partial charge < -0.3 is 36.1 Å². The maximum absolute atomic E-state index is 13.1. The number of nitrogens with zero attached hydrogens (tertiary/aromatic N) is 5. The highest BCUT2D eigenvalue weighted by Crippen LogP contribution is 2.39. The fourth-order valence-electron chi connectivity index (χ4n) is 8.98. The third-order valence-electron chi connectivity index (χ3n) is 12.0. The third-order valence-corrected chi connectivity index (χ3v) is 12.0. The van der Waals surface area contributed by atoms with E-state index in [0.717, 1.165) is 102 Å². The lowest BCUT2D eigenvalue weighted by atomic mass is 9.96. The molecule has 0 radical (unpaired) electrons. The van der Waals surface area contributed by atoms with Gasteiger partial charge in [0.15, 0.2) is 0 Å². The zero-order valence-electron chi connectivity index (χ0n) is 36.5. The van der Waals surface area contributed by atoms with Gasteiger partial charge in [-0.2, -0.15) is 0 Å². The van der Waals surface area contributed by atoms with Crippen LogP contribution in [0, 0.1) is 13.8 Å². The molecule has 6 aromatic rings. The summed E-state index contributed by atoms with van der Waals surface area (Å²) >= 11 is 0. The Hall–Kier alpha value is -5.40. The normalized spacial score (nSPS) is 17.0. The average molecular weight is 811 g/mol. The molecule has 6 heterocycles. The van der Waals surface area contributed by atoms with Gasteiger partial charge in [0.25, 0.3) is 0 Å². The summed E-state index contributed by atoms with van der Waals surface area (Å²) in [5.41, 5.74) is 18.9. The summed E-state index contributed by atoms with van der Waals surface area (Å²) in [6, 6.07) is 20.8. The summed E-state index contributed by atoms with van der Waals surface area (Å²) in [7, 11) is 3.90. The van der Waals surface area contributed by atoms with Crippen LogP contribution in [-0.4, -0.2) is 102 Å². The number of nitrogens with one attached hydrogen (secondary N) is 4. The number of fused-ring (bicyclic) bond motifs is 2. The highest BCUT2D eigenvalue weighted by atomic mass is 16.2. The van der Waals surface area contributed by atoms with Crippen LogP contribution in [0.3, 0.4) is 0 Å². The van der Waals surface area contributed by atoms with E-state index in [2.05, 4.69) is 112 Å². The van der Waals surface area contributed by atoms with Crippen LogP contribution < -0.4 is 26.2 Å². The number of aryl methyl sites for hydroxylation is 2. The lowest BCUT2D eigenvalue weighted by Crippen LogP contribution is -2.41. The molecule has 2 unspecified atom stereocenters. The van der Waals surface area contributed by atoms with Gasteiger partial charge in [-0.15, -0.1) is 0 Å². The van der Waals surface area contributed by atoms with Gasteiger partial charge >= 0.3 is 0 Å². The number of likely N-dealkylation sites (N-methyl/N-ethyl adjacent to an activating group) is 2. The van der Waals surface area contributed by atoms with Crippen LogP contribution in [0.1, 0.15) is 74.9 Å². The lowest BCUT2D eigenvalue weighted by Gasteiger charge is -2.23. The molecule has 0 saturated carbocycles. The lowest BCUT2D eigenvalue weighted by molar-refractivity contribution is -0.121. The Morgan fingerprint density at radius 1 is 0.750 bits per heavy atom. The number of H-pyrrole nitrogens is 2. The minimum Gasteiger partial charge on any atom is -0.354 e. The first-order valence-corrected chi connectivity index (χ1v) is 21.5. The summed E-state index contributed by atoms with van der Waals surface area (Å²) in [6.45, 7) is 17.3. The van der Waals surface area contributed by atoms with E-state index in [0.29, 0.717) is 18.4 Å². The molecular formula is C48H62N10O2. The Morgan fingerprint density at radius 3 is 1.75 bits per heavy atom. The Kier molecular flexibility index (Phi) is 13.2. The molecule has 60 heavy (non-hydrogen) atoms. The van der Waals surface area contributed by atoms with E-state index in [9.17, 15) is 9.59 Å². The van der Waals surface area contributed by atoms with Gasteiger partial charge in [0.2, 0.25) is 11.8 Å². The number of carbonyl (C=O) groups is 2. The van der Waals surface area contributed by atoms with E-state index >= 15 is 0 Å². The Bertz CT molecular complexity index is 2470. The maximum atomic E-state index is 13.1. The smallest absolute Gasteiger partial charge is 0.244 e. The first-order valence-electron chi connectivity index (χ1n) is 21.5. The van der Waals surface area contributed by atoms with Gasteiger partial charge in [0.05, 0.1) is 23.5 Å². The molecular weight excluding hydrogens is 749 g/mol. The van der Waals surface area contributed by atoms with Crippen LogP contribution in [-0.2, 0) is 9.59 Å². The monoisotopic (exact) mass is 811 g/mol. The van der Waals surface area contributed by atoms with E-state index in [1.807, 2.05) is 62.3 Å². The first kappa shape index (κ1) is 42.7. The van der Waals surface area contributed by atoms with Gasteiger partial charge in [-0.1, -0.05) is 27.7 Å². The molecule has 12 nitrogen and oxygen atoms in total. The number of anilines is 2. The molecule has 2 atom stereocenters. The Labute approximate surface area is 354 Å². The molecule has 0 aliphatic carbocycles. The molecule has 4 aromatic heterocycles. The number of amides is 2. The van der Waals surface area contributed by atoms with Crippen molar-refractivity contribution in [3.05, 3.63) is 95.6 Å². The van der Waals surface area contributed by atoms with Crippen molar-refractivity contribution in [1.82, 2.24) is 35.5 Å². The summed E-state index contributed by atoms with van der Waals surface area (Å²) in [5.74, 6) is 1.02. The predicted molar refractivity (Wildman–Crippen MR) is 246 cm³/mol. The van der Waals surface area contributed by atoms with Crippen LogP contribution in [0.4, 0.5) is 11.4 Å². The second kappa shape index (κ2) is 18.5. The van der Waals surface area contributed by atoms with Crippen LogP contribution >= 0.6 is 0 Å². The van der Waals surface area contributed by atoms with Crippen LogP contribution in [0.25, 0.3) is 44.3 Å². The quantitative estimate of drug-likeness (QED) is 0.0767. The Balaban J connectivity index is 0.000000181. The van der Waals surface area contributed by atoms with Crippen molar-refractivity contribution >= 4 is 45.0 Å². The van der Waals surface area contributed by atoms with Gasteiger partial charge in [0.1, 0.15) is 0 Å². The van der Waals surface area contributed by atoms with Crippen molar-refractivity contribution in [3.8, 4) is 22.5 Å². The van der Waals surface area contributed by atoms with E-state index in [4.69, 9.17) is 5.73 Å². The number of benzene rings is 2. The van der Waals surface area contributed by atoms with Crippen molar-refractivity contribution in [2.75, 3.05) is 63.2 Å². The summed E-state index contributed by atoms with van der Waals surface area (Å²) < 4.78 is 0. The molecule has 8 rings (SSSR count). The molecule has 2 aromatic carbocycles. The van der Waals surface area contributed by atoms with Crippen molar-refractivity contribution in [3.63, 3.8) is 0 Å².